The predicted molar refractivity (Wildman–Crippen MR) is 203 cm³/mol. The van der Waals surface area contributed by atoms with Crippen LogP contribution in [0.15, 0.2) is 54.6 Å². The molecule has 0 aliphatic carbocycles. The van der Waals surface area contributed by atoms with Crippen LogP contribution in [0.2, 0.25) is 10.0 Å². The number of rotatable bonds is 16. The van der Waals surface area contributed by atoms with Crippen molar-refractivity contribution in [3.05, 3.63) is 81.6 Å². The third-order valence-electron chi connectivity index (χ3n) is 10.6. The van der Waals surface area contributed by atoms with E-state index in [1.54, 1.807) is 27.4 Å². The summed E-state index contributed by atoms with van der Waals surface area (Å²) >= 11 is 12.7. The Hall–Kier alpha value is -3.83. The van der Waals surface area contributed by atoms with Crippen molar-refractivity contribution < 1.29 is 28.5 Å². The van der Waals surface area contributed by atoms with Gasteiger partial charge in [0.05, 0.1) is 54.4 Å². The first-order chi connectivity index (χ1) is 25.2. The van der Waals surface area contributed by atoms with Crippen molar-refractivity contribution in [2.45, 2.75) is 52.1 Å². The molecule has 0 saturated carbocycles. The number of hydrogen-bond donors (Lipinski definition) is 0. The van der Waals surface area contributed by atoms with Crippen LogP contribution < -0.4 is 14.2 Å². The topological polar surface area (TPSA) is 95.4 Å². The van der Waals surface area contributed by atoms with E-state index in [0.29, 0.717) is 85.2 Å². The van der Waals surface area contributed by atoms with E-state index in [4.69, 9.17) is 47.1 Å². The lowest BCUT2D eigenvalue weighted by Crippen LogP contribution is -2.42. The Bertz CT molecular complexity index is 1870. The van der Waals surface area contributed by atoms with Gasteiger partial charge in [0.15, 0.2) is 17.3 Å². The number of aromatic nitrogens is 2. The van der Waals surface area contributed by atoms with Crippen LogP contribution in [0.4, 0.5) is 0 Å². The molecule has 0 spiro atoms. The van der Waals surface area contributed by atoms with Gasteiger partial charge in [0.1, 0.15) is 0 Å². The first kappa shape index (κ1) is 37.9. The number of benzene rings is 3. The predicted octanol–water partition coefficient (Wildman–Crippen LogP) is 7.35. The molecule has 2 fully saturated rings. The van der Waals surface area contributed by atoms with Gasteiger partial charge in [0.2, 0.25) is 17.4 Å². The number of nitrogens with zero attached hydrogens (tertiary/aromatic N) is 4. The average Bonchev–Trinajstić information content (AvgIpc) is 3.68. The number of likely N-dealkylation sites (tertiary alicyclic amines) is 2. The lowest BCUT2D eigenvalue weighted by atomic mass is 9.77. The summed E-state index contributed by atoms with van der Waals surface area (Å²) in [5.41, 5.74) is 3.04. The summed E-state index contributed by atoms with van der Waals surface area (Å²) in [4.78, 5) is 37.5. The van der Waals surface area contributed by atoms with Crippen LogP contribution in [0.25, 0.3) is 11.0 Å². The molecule has 0 radical (unpaired) electrons. The molecule has 278 valence electrons. The Morgan fingerprint density at radius 3 is 2.31 bits per heavy atom. The van der Waals surface area contributed by atoms with Gasteiger partial charge in [-0.1, -0.05) is 41.4 Å². The minimum Gasteiger partial charge on any atom is -0.493 e. The second-order valence-corrected chi connectivity index (χ2v) is 14.5. The number of carbonyl (C=O) groups is 2. The number of carbonyl (C=O) groups excluding carboxylic acids is 2. The Kier molecular flexibility index (Phi) is 12.3. The van der Waals surface area contributed by atoms with Gasteiger partial charge in [0, 0.05) is 32.2 Å². The Morgan fingerprint density at radius 1 is 0.904 bits per heavy atom. The fourth-order valence-corrected chi connectivity index (χ4v) is 8.10. The molecule has 12 heteroatoms. The Labute approximate surface area is 315 Å². The number of ketones is 1. The maximum absolute atomic E-state index is 14.5. The van der Waals surface area contributed by atoms with Crippen LogP contribution in [0.1, 0.15) is 54.4 Å². The van der Waals surface area contributed by atoms with Crippen molar-refractivity contribution in [3.63, 3.8) is 0 Å². The second-order valence-electron chi connectivity index (χ2n) is 13.7. The summed E-state index contributed by atoms with van der Waals surface area (Å²) in [6.07, 6.45) is 3.44. The van der Waals surface area contributed by atoms with Crippen molar-refractivity contribution in [1.82, 2.24) is 19.4 Å². The average molecular weight is 752 g/mol. The molecule has 2 aliphatic rings. The molecule has 6 rings (SSSR count). The summed E-state index contributed by atoms with van der Waals surface area (Å²) in [6, 6.07) is 17.3. The minimum absolute atomic E-state index is 0.0943. The van der Waals surface area contributed by atoms with Gasteiger partial charge in [0.25, 0.3) is 0 Å². The molecule has 0 N–H and O–H groups in total. The Balaban J connectivity index is 1.15. The molecular formula is C40H48Cl2N4O6. The van der Waals surface area contributed by atoms with E-state index in [2.05, 4.69) is 4.90 Å². The van der Waals surface area contributed by atoms with Crippen LogP contribution in [0.5, 0.6) is 17.2 Å². The van der Waals surface area contributed by atoms with Crippen LogP contribution in [0.3, 0.4) is 0 Å². The van der Waals surface area contributed by atoms with E-state index in [0.717, 1.165) is 54.6 Å². The molecule has 1 aromatic heterocycles. The van der Waals surface area contributed by atoms with Gasteiger partial charge in [-0.3, -0.25) is 9.59 Å². The molecule has 3 aromatic carbocycles. The zero-order valence-corrected chi connectivity index (χ0v) is 32.0. The summed E-state index contributed by atoms with van der Waals surface area (Å²) < 4.78 is 24.3. The lowest BCUT2D eigenvalue weighted by molar-refractivity contribution is -0.137. The van der Waals surface area contributed by atoms with Crippen LogP contribution in [0, 0.1) is 11.3 Å². The summed E-state index contributed by atoms with van der Waals surface area (Å²) in [7, 11) is 4.75. The van der Waals surface area contributed by atoms with Crippen molar-refractivity contribution in [2.24, 2.45) is 11.3 Å². The summed E-state index contributed by atoms with van der Waals surface area (Å²) in [5.74, 6) is 2.24. The molecule has 0 bridgehead atoms. The fourth-order valence-electron chi connectivity index (χ4n) is 7.78. The third kappa shape index (κ3) is 8.05. The van der Waals surface area contributed by atoms with Crippen LogP contribution >= 0.6 is 23.2 Å². The van der Waals surface area contributed by atoms with E-state index >= 15 is 0 Å². The number of hydrogen-bond acceptors (Lipinski definition) is 8. The number of halogens is 2. The number of imidazole rings is 1. The molecule has 1 unspecified atom stereocenters. The molecule has 52 heavy (non-hydrogen) atoms. The van der Waals surface area contributed by atoms with Crippen LogP contribution in [-0.4, -0.2) is 91.8 Å². The molecule has 1 amide bonds. The quantitative estimate of drug-likeness (QED) is 0.0867. The molecule has 4 aromatic rings. The lowest BCUT2D eigenvalue weighted by Gasteiger charge is -2.35. The number of ether oxygens (including phenoxy) is 4. The number of methoxy groups -OCH3 is 3. The van der Waals surface area contributed by atoms with Crippen molar-refractivity contribution in [1.29, 1.82) is 0 Å². The molecular weight excluding hydrogens is 703 g/mol. The molecule has 3 heterocycles. The monoisotopic (exact) mass is 750 g/mol. The highest BCUT2D eigenvalue weighted by Gasteiger charge is 2.46. The number of amides is 1. The van der Waals surface area contributed by atoms with Gasteiger partial charge in [-0.25, -0.2) is 4.98 Å². The normalized spacial score (nSPS) is 18.3. The molecule has 2 aliphatic heterocycles. The first-order valence-corrected chi connectivity index (χ1v) is 18.8. The number of para-hydroxylation sites is 2. The van der Waals surface area contributed by atoms with Gasteiger partial charge in [-0.2, -0.15) is 0 Å². The van der Waals surface area contributed by atoms with Gasteiger partial charge in [-0.05, 0) is 106 Å². The highest BCUT2D eigenvalue weighted by molar-refractivity contribution is 6.42. The summed E-state index contributed by atoms with van der Waals surface area (Å²) in [5, 5.41) is 0.968. The van der Waals surface area contributed by atoms with E-state index in [1.165, 1.54) is 0 Å². The minimum atomic E-state index is -0.615. The standard InChI is InChI=1S/C40H48Cl2N4O6/c1-5-52-21-20-46-33-9-7-6-8-32(33)43-38(46)36(47)29-12-16-44(17-13-29)18-14-40(25-27-10-11-30(41)31(42)22-27)15-19-45(39(40)48)26-28-23-34(49-2)37(51-4)35(24-28)50-3/h6-11,22-24,29H,5,12-21,25-26H2,1-4H3. The number of piperidine rings is 1. The fraction of sp³-hybridized carbons (Fsp3) is 0.475. The van der Waals surface area contributed by atoms with Gasteiger partial charge in [-0.15, -0.1) is 0 Å². The van der Waals surface area contributed by atoms with Crippen molar-refractivity contribution in [3.8, 4) is 17.2 Å². The maximum Gasteiger partial charge on any atom is 0.229 e. The third-order valence-corrected chi connectivity index (χ3v) is 11.4. The molecule has 10 nitrogen and oxygen atoms in total. The van der Waals surface area contributed by atoms with Crippen LogP contribution in [-0.2, 0) is 29.0 Å². The Morgan fingerprint density at radius 2 is 1.63 bits per heavy atom. The van der Waals surface area contributed by atoms with E-state index in [9.17, 15) is 9.59 Å². The number of Topliss-reactive ketones (excluding diaryl/α,β-unsaturated/α-hetero) is 1. The molecule has 2 saturated heterocycles. The highest BCUT2D eigenvalue weighted by Crippen LogP contribution is 2.43. The number of fused-ring (bicyclic) bond motifs is 1. The maximum atomic E-state index is 14.5. The highest BCUT2D eigenvalue weighted by atomic mass is 35.5. The van der Waals surface area contributed by atoms with E-state index in [-0.39, 0.29) is 17.6 Å². The van der Waals surface area contributed by atoms with E-state index in [1.807, 2.05) is 64.9 Å². The zero-order valence-electron chi connectivity index (χ0n) is 30.5. The van der Waals surface area contributed by atoms with Gasteiger partial charge < -0.3 is 33.3 Å². The zero-order chi connectivity index (χ0) is 36.8. The second kappa shape index (κ2) is 16.9. The molecule has 1 atom stereocenters. The largest absolute Gasteiger partial charge is 0.493 e. The van der Waals surface area contributed by atoms with Crippen molar-refractivity contribution >= 4 is 45.9 Å². The van der Waals surface area contributed by atoms with E-state index < -0.39 is 5.41 Å². The van der Waals surface area contributed by atoms with Gasteiger partial charge >= 0.3 is 0 Å². The smallest absolute Gasteiger partial charge is 0.229 e. The SMILES string of the molecule is CCOCCn1c(C(=O)C2CCN(CCC3(Cc4ccc(Cl)c(Cl)c4)CCN(Cc4cc(OC)c(OC)c(OC)c4)C3=O)CC2)nc2ccccc21. The van der Waals surface area contributed by atoms with Crippen molar-refractivity contribution in [2.75, 3.05) is 60.7 Å². The first-order valence-electron chi connectivity index (χ1n) is 18.0. The summed E-state index contributed by atoms with van der Waals surface area (Å²) in [6.45, 7) is 7.05.